The minimum absolute atomic E-state index is 0.0313. The second-order valence-electron chi connectivity index (χ2n) is 8.58. The van der Waals surface area contributed by atoms with Crippen molar-refractivity contribution in [3.05, 3.63) is 59.4 Å². The molecule has 1 aliphatic rings. The smallest absolute Gasteiger partial charge is 0.304 e. The van der Waals surface area contributed by atoms with Crippen LogP contribution in [0.2, 0.25) is 0 Å². The average Bonchev–Trinajstić information content (AvgIpc) is 3.48. The molecule has 1 saturated heterocycles. The fourth-order valence-electron chi connectivity index (χ4n) is 4.41. The first kappa shape index (κ1) is 22.3. The molecule has 178 valence electrons. The second kappa shape index (κ2) is 8.37. The summed E-state index contributed by atoms with van der Waals surface area (Å²) in [6.07, 6.45) is 0.503. The Morgan fingerprint density at radius 2 is 2.00 bits per heavy atom. The molecule has 1 aliphatic heterocycles. The van der Waals surface area contributed by atoms with Crippen LogP contribution < -0.4 is 10.2 Å². The summed E-state index contributed by atoms with van der Waals surface area (Å²) in [7, 11) is 0. The van der Waals surface area contributed by atoms with E-state index in [-0.39, 0.29) is 23.2 Å². The van der Waals surface area contributed by atoms with Gasteiger partial charge in [-0.25, -0.2) is 14.4 Å². The number of quaternary nitrogens is 1. The van der Waals surface area contributed by atoms with E-state index in [0.717, 1.165) is 30.0 Å². The SMILES string of the molecule is Cc1cc([N+]2(CCc3nc(N)c4cn[nH]c4n3)CCOC(C(F)(F)c3ccc(F)cc3)C2)n[nH]1. The number of ether oxygens (including phenoxy) is 1. The van der Waals surface area contributed by atoms with Gasteiger partial charge in [-0.05, 0) is 19.1 Å². The summed E-state index contributed by atoms with van der Waals surface area (Å²) in [5, 5.41) is 14.7. The highest BCUT2D eigenvalue weighted by Crippen LogP contribution is 2.38. The fraction of sp³-hybridized carbons (Fsp3) is 0.364. The van der Waals surface area contributed by atoms with Crippen molar-refractivity contribution in [2.24, 2.45) is 0 Å². The lowest BCUT2D eigenvalue weighted by Gasteiger charge is -2.44. The third-order valence-electron chi connectivity index (χ3n) is 6.31. The Labute approximate surface area is 192 Å². The van der Waals surface area contributed by atoms with E-state index in [4.69, 9.17) is 10.5 Å². The van der Waals surface area contributed by atoms with Gasteiger partial charge < -0.3 is 10.5 Å². The highest BCUT2D eigenvalue weighted by atomic mass is 19.3. The Hall–Kier alpha value is -3.51. The van der Waals surface area contributed by atoms with Crippen molar-refractivity contribution in [3.8, 4) is 0 Å². The number of H-pyrrole nitrogens is 2. The van der Waals surface area contributed by atoms with E-state index in [1.54, 1.807) is 6.20 Å². The summed E-state index contributed by atoms with van der Waals surface area (Å²) in [6.45, 7) is 2.78. The normalized spacial score (nSPS) is 21.2. The predicted octanol–water partition coefficient (Wildman–Crippen LogP) is 2.85. The first-order chi connectivity index (χ1) is 16.3. The molecular formula is C22H24F3N8O+. The van der Waals surface area contributed by atoms with Crippen molar-refractivity contribution in [2.75, 3.05) is 32.0 Å². The lowest BCUT2D eigenvalue weighted by Crippen LogP contribution is -2.63. The zero-order valence-corrected chi connectivity index (χ0v) is 18.4. The van der Waals surface area contributed by atoms with Crippen LogP contribution in [0.5, 0.6) is 0 Å². The summed E-state index contributed by atoms with van der Waals surface area (Å²) in [4.78, 5) is 8.84. The fourth-order valence-corrected chi connectivity index (χ4v) is 4.41. The van der Waals surface area contributed by atoms with Crippen LogP contribution in [0.15, 0.2) is 36.5 Å². The third kappa shape index (κ3) is 3.99. The van der Waals surface area contributed by atoms with Crippen molar-refractivity contribution in [1.82, 2.24) is 34.8 Å². The van der Waals surface area contributed by atoms with Crippen molar-refractivity contribution in [2.45, 2.75) is 25.4 Å². The third-order valence-corrected chi connectivity index (χ3v) is 6.31. The van der Waals surface area contributed by atoms with E-state index in [1.165, 1.54) is 0 Å². The summed E-state index contributed by atoms with van der Waals surface area (Å²) < 4.78 is 49.9. The molecule has 3 aromatic heterocycles. The van der Waals surface area contributed by atoms with Gasteiger partial charge in [0.1, 0.15) is 30.5 Å². The molecule has 0 amide bonds. The number of alkyl halides is 2. The van der Waals surface area contributed by atoms with Crippen molar-refractivity contribution >= 4 is 22.7 Å². The van der Waals surface area contributed by atoms with E-state index in [1.807, 2.05) is 13.0 Å². The van der Waals surface area contributed by atoms with E-state index < -0.39 is 17.8 Å². The molecule has 4 N–H and O–H groups in total. The number of hydrogen-bond acceptors (Lipinski definition) is 6. The molecular weight excluding hydrogens is 449 g/mol. The summed E-state index contributed by atoms with van der Waals surface area (Å²) in [5.74, 6) is -2.48. The number of halogens is 3. The number of morpholine rings is 1. The molecule has 0 aliphatic carbocycles. The van der Waals surface area contributed by atoms with Crippen LogP contribution in [-0.4, -0.2) is 62.7 Å². The molecule has 34 heavy (non-hydrogen) atoms. The molecule has 1 fully saturated rings. The number of anilines is 1. The molecule has 0 saturated carbocycles. The van der Waals surface area contributed by atoms with Gasteiger partial charge in [-0.2, -0.15) is 13.9 Å². The maximum Gasteiger partial charge on any atom is 0.304 e. The van der Waals surface area contributed by atoms with E-state index in [9.17, 15) is 4.39 Å². The second-order valence-corrected chi connectivity index (χ2v) is 8.58. The molecule has 2 unspecified atom stereocenters. The highest BCUT2D eigenvalue weighted by molar-refractivity contribution is 5.84. The standard InChI is InChI=1S/C22H24F3N8O/c1-13-10-19(31-30-13)33(7-6-18-28-20(26)16-11-27-32-21(16)29-18)8-9-34-17(12-33)22(24,25)14-2-4-15(23)5-3-14/h2-5,10-11,17H,6-9,12H2,1H3,(H,30,31)(H3,26,27,28,29,32)/q+1. The largest absolute Gasteiger partial charge is 0.383 e. The van der Waals surface area contributed by atoms with Crippen LogP contribution in [-0.2, 0) is 17.1 Å². The Morgan fingerprint density at radius 1 is 1.21 bits per heavy atom. The van der Waals surface area contributed by atoms with E-state index in [0.29, 0.717) is 48.0 Å². The van der Waals surface area contributed by atoms with Gasteiger partial charge in [-0.1, -0.05) is 12.1 Å². The topological polar surface area (TPSA) is 118 Å². The van der Waals surface area contributed by atoms with Gasteiger partial charge >= 0.3 is 5.92 Å². The Morgan fingerprint density at radius 3 is 2.74 bits per heavy atom. The van der Waals surface area contributed by atoms with Crippen LogP contribution in [0.4, 0.5) is 24.8 Å². The molecule has 0 spiro atoms. The molecule has 5 rings (SSSR count). The predicted molar refractivity (Wildman–Crippen MR) is 120 cm³/mol. The first-order valence-corrected chi connectivity index (χ1v) is 10.9. The Balaban J connectivity index is 1.45. The lowest BCUT2D eigenvalue weighted by molar-refractivity contribution is -0.171. The number of nitrogens with zero attached hydrogens (tertiary/aromatic N) is 5. The summed E-state index contributed by atoms with van der Waals surface area (Å²) in [5.41, 5.74) is 7.08. The van der Waals surface area contributed by atoms with Crippen LogP contribution in [0.25, 0.3) is 11.0 Å². The molecule has 12 heteroatoms. The number of aryl methyl sites for hydroxylation is 1. The average molecular weight is 473 g/mol. The van der Waals surface area contributed by atoms with Gasteiger partial charge in [0.15, 0.2) is 11.8 Å². The van der Waals surface area contributed by atoms with Crippen molar-refractivity contribution in [3.63, 3.8) is 0 Å². The number of aromatic amines is 2. The number of nitrogens with one attached hydrogen (secondary N) is 2. The van der Waals surface area contributed by atoms with Crippen LogP contribution in [0, 0.1) is 12.7 Å². The molecule has 0 bridgehead atoms. The maximum atomic E-state index is 15.5. The number of hydrogen-bond donors (Lipinski definition) is 3. The maximum absolute atomic E-state index is 15.5. The molecule has 1 aromatic carbocycles. The number of fused-ring (bicyclic) bond motifs is 1. The number of aromatic nitrogens is 6. The number of rotatable bonds is 6. The summed E-state index contributed by atoms with van der Waals surface area (Å²) in [6, 6.07) is 6.09. The van der Waals surface area contributed by atoms with Gasteiger partial charge in [-0.3, -0.25) is 14.7 Å². The van der Waals surface area contributed by atoms with Crippen LogP contribution in [0.1, 0.15) is 17.1 Å². The van der Waals surface area contributed by atoms with Gasteiger partial charge in [0, 0.05) is 17.3 Å². The molecule has 4 heterocycles. The van der Waals surface area contributed by atoms with Crippen molar-refractivity contribution < 1.29 is 17.9 Å². The zero-order chi connectivity index (χ0) is 23.9. The molecule has 0 radical (unpaired) electrons. The number of nitrogens with two attached hydrogens (primary N) is 1. The zero-order valence-electron chi connectivity index (χ0n) is 18.4. The van der Waals surface area contributed by atoms with Gasteiger partial charge in [0.05, 0.1) is 31.2 Å². The van der Waals surface area contributed by atoms with Gasteiger partial charge in [0.2, 0.25) is 5.82 Å². The monoisotopic (exact) mass is 473 g/mol. The molecule has 2 atom stereocenters. The summed E-state index contributed by atoms with van der Waals surface area (Å²) >= 11 is 0. The molecule has 9 nitrogen and oxygen atoms in total. The van der Waals surface area contributed by atoms with Crippen molar-refractivity contribution in [1.29, 1.82) is 0 Å². The van der Waals surface area contributed by atoms with Crippen LogP contribution in [0.3, 0.4) is 0 Å². The lowest BCUT2D eigenvalue weighted by atomic mass is 10.00. The van der Waals surface area contributed by atoms with E-state index >= 15 is 8.78 Å². The van der Waals surface area contributed by atoms with Gasteiger partial charge in [-0.15, -0.1) is 5.10 Å². The van der Waals surface area contributed by atoms with Crippen LogP contribution >= 0.6 is 0 Å². The Kier molecular flexibility index (Phi) is 5.48. The minimum Gasteiger partial charge on any atom is -0.383 e. The van der Waals surface area contributed by atoms with Gasteiger partial charge in [0.25, 0.3) is 0 Å². The number of benzene rings is 1. The molecule has 4 aromatic rings. The minimum atomic E-state index is -3.32. The number of nitrogen functional groups attached to an aromatic ring is 1. The quantitative estimate of drug-likeness (QED) is 0.371. The van der Waals surface area contributed by atoms with E-state index in [2.05, 4.69) is 30.4 Å². The Bertz CT molecular complexity index is 1310. The highest BCUT2D eigenvalue weighted by Gasteiger charge is 2.51. The first-order valence-electron chi connectivity index (χ1n) is 10.9.